The topological polar surface area (TPSA) is 30.9 Å². The van der Waals surface area contributed by atoms with Gasteiger partial charge in [0.1, 0.15) is 11.2 Å². The summed E-state index contributed by atoms with van der Waals surface area (Å²) >= 11 is 0. The fourth-order valence-electron chi connectivity index (χ4n) is 8.26. The van der Waals surface area contributed by atoms with Gasteiger partial charge in [0.15, 0.2) is 11.5 Å². The number of fused-ring (bicyclic) bond motifs is 1. The third-order valence-corrected chi connectivity index (χ3v) is 9.24. The average molecular weight is 367 g/mol. The second kappa shape index (κ2) is 4.55. The molecule has 2 aliphatic heterocycles. The third kappa shape index (κ3) is 1.33. The minimum atomic E-state index is -0.424. The van der Waals surface area contributed by atoms with Crippen LogP contribution in [-0.4, -0.2) is 50.0 Å². The lowest BCUT2D eigenvalue weighted by Crippen LogP contribution is -2.83. The molecule has 2 spiro atoms. The second-order valence-corrected chi connectivity index (χ2v) is 9.60. The summed E-state index contributed by atoms with van der Waals surface area (Å²) < 4.78 is 19.1. The van der Waals surface area contributed by atoms with Gasteiger partial charge in [-0.25, -0.2) is 0 Å². The van der Waals surface area contributed by atoms with Gasteiger partial charge in [-0.05, 0) is 57.3 Å². The zero-order valence-electron chi connectivity index (χ0n) is 17.0. The van der Waals surface area contributed by atoms with Gasteiger partial charge in [-0.3, -0.25) is 0 Å². The van der Waals surface area contributed by atoms with Crippen LogP contribution in [-0.2, 0) is 16.6 Å². The van der Waals surface area contributed by atoms with E-state index < -0.39 is 11.2 Å². The highest BCUT2D eigenvalue weighted by Gasteiger charge is 2.83. The highest BCUT2D eigenvalue weighted by atomic mass is 16.6. The maximum atomic E-state index is 7.00. The van der Waals surface area contributed by atoms with Crippen LogP contribution in [0.1, 0.15) is 37.8 Å². The van der Waals surface area contributed by atoms with Crippen LogP contribution in [0.15, 0.2) is 24.3 Å². The molecule has 4 aliphatic carbocycles. The molecular formula is C23H29NO3. The summed E-state index contributed by atoms with van der Waals surface area (Å²) in [4.78, 5) is 2.60. The Bertz CT molecular complexity index is 896. The lowest BCUT2D eigenvalue weighted by atomic mass is 9.34. The fourth-order valence-corrected chi connectivity index (χ4v) is 8.26. The van der Waals surface area contributed by atoms with E-state index in [2.05, 4.69) is 50.1 Å². The van der Waals surface area contributed by atoms with Crippen molar-refractivity contribution in [3.05, 3.63) is 35.4 Å². The first kappa shape index (κ1) is 16.4. The first-order valence-corrected chi connectivity index (χ1v) is 10.3. The number of hydrogen-bond donors (Lipinski definition) is 0. The zero-order valence-corrected chi connectivity index (χ0v) is 17.0. The molecule has 1 saturated carbocycles. The van der Waals surface area contributed by atoms with Crippen LogP contribution >= 0.6 is 0 Å². The highest BCUT2D eigenvalue weighted by molar-refractivity contribution is 5.67. The first-order chi connectivity index (χ1) is 12.9. The van der Waals surface area contributed by atoms with E-state index in [1.165, 1.54) is 11.1 Å². The Morgan fingerprint density at radius 1 is 1.22 bits per heavy atom. The van der Waals surface area contributed by atoms with Gasteiger partial charge in [0.2, 0.25) is 0 Å². The molecule has 27 heavy (non-hydrogen) atoms. The van der Waals surface area contributed by atoms with Gasteiger partial charge >= 0.3 is 0 Å². The number of hydrogen-bond acceptors (Lipinski definition) is 4. The molecule has 2 fully saturated rings. The van der Waals surface area contributed by atoms with Crippen molar-refractivity contribution in [1.29, 1.82) is 0 Å². The quantitative estimate of drug-likeness (QED) is 0.751. The van der Waals surface area contributed by atoms with Crippen LogP contribution in [0, 0.1) is 11.3 Å². The Labute approximate surface area is 161 Å². The summed E-state index contributed by atoms with van der Waals surface area (Å²) in [6, 6.07) is 4.88. The number of rotatable bonds is 2. The minimum absolute atomic E-state index is 0.0497. The lowest BCUT2D eigenvalue weighted by molar-refractivity contribution is -0.257. The summed E-state index contributed by atoms with van der Waals surface area (Å²) in [6.07, 6.45) is 8.22. The van der Waals surface area contributed by atoms with E-state index in [0.29, 0.717) is 12.0 Å². The Balaban J connectivity index is 1.78. The third-order valence-electron chi connectivity index (χ3n) is 9.24. The van der Waals surface area contributed by atoms with E-state index in [1.54, 1.807) is 7.11 Å². The molecule has 4 nitrogen and oxygen atoms in total. The highest BCUT2D eigenvalue weighted by Crippen LogP contribution is 2.78. The van der Waals surface area contributed by atoms with Crippen LogP contribution in [0.5, 0.6) is 11.5 Å². The van der Waals surface area contributed by atoms with E-state index in [0.717, 1.165) is 37.3 Å². The molecule has 0 aromatic heterocycles. The van der Waals surface area contributed by atoms with Crippen molar-refractivity contribution in [3.63, 3.8) is 0 Å². The molecule has 4 bridgehead atoms. The van der Waals surface area contributed by atoms with Crippen LogP contribution < -0.4 is 9.47 Å². The van der Waals surface area contributed by atoms with Crippen molar-refractivity contribution in [3.8, 4) is 11.5 Å². The standard InChI is InChI=1S/C23H29NO3/c1-14-13-21-8-9-23(14,26-5)20(2)22(21)10-11-24(3)17(21)12-15-6-7-16(25-4)19(27-20)18(15)22/h6-9,14,17H,10-13H2,1-5H3/t14-,17+,20+,21+,22-,23+/m0/s1. The van der Waals surface area contributed by atoms with Crippen LogP contribution in [0.25, 0.3) is 0 Å². The van der Waals surface area contributed by atoms with Crippen molar-refractivity contribution >= 4 is 0 Å². The number of benzene rings is 1. The van der Waals surface area contributed by atoms with Gasteiger partial charge in [-0.15, -0.1) is 0 Å². The molecule has 0 unspecified atom stereocenters. The lowest BCUT2D eigenvalue weighted by Gasteiger charge is -2.74. The Hall–Kier alpha value is -1.52. The zero-order chi connectivity index (χ0) is 18.8. The average Bonchev–Trinajstić information content (AvgIpc) is 2.94. The molecule has 4 heteroatoms. The largest absolute Gasteiger partial charge is 0.493 e. The van der Waals surface area contributed by atoms with Crippen molar-refractivity contribution in [2.75, 3.05) is 27.8 Å². The molecule has 2 heterocycles. The van der Waals surface area contributed by atoms with Gasteiger partial charge in [0, 0.05) is 24.1 Å². The molecule has 7 rings (SSSR count). The van der Waals surface area contributed by atoms with Crippen molar-refractivity contribution < 1.29 is 14.2 Å². The van der Waals surface area contributed by atoms with Crippen molar-refractivity contribution in [2.24, 2.45) is 11.3 Å². The summed E-state index contributed by atoms with van der Waals surface area (Å²) in [5.74, 6) is 2.25. The number of ether oxygens (including phenoxy) is 3. The normalized spacial score (nSPS) is 48.3. The molecule has 0 amide bonds. The molecule has 1 saturated heterocycles. The maximum Gasteiger partial charge on any atom is 0.166 e. The summed E-state index contributed by atoms with van der Waals surface area (Å²) in [6.45, 7) is 5.77. The smallest absolute Gasteiger partial charge is 0.166 e. The van der Waals surface area contributed by atoms with Crippen LogP contribution in [0.2, 0.25) is 0 Å². The summed E-state index contributed by atoms with van der Waals surface area (Å²) in [5.41, 5.74) is 2.08. The summed E-state index contributed by atoms with van der Waals surface area (Å²) in [5, 5.41) is 0. The number of methoxy groups -OCH3 is 2. The molecule has 1 aromatic carbocycles. The Morgan fingerprint density at radius 2 is 2.04 bits per heavy atom. The maximum absolute atomic E-state index is 7.00. The van der Waals surface area contributed by atoms with Gasteiger partial charge in [0.05, 0.1) is 12.5 Å². The number of likely N-dealkylation sites (tertiary alicyclic amines) is 1. The predicted octanol–water partition coefficient (Wildman–Crippen LogP) is 3.33. The number of likely N-dealkylation sites (N-methyl/N-ethyl adjacent to an activating group) is 1. The first-order valence-electron chi connectivity index (χ1n) is 10.3. The van der Waals surface area contributed by atoms with E-state index in [1.807, 2.05) is 7.11 Å². The molecule has 6 aliphatic rings. The van der Waals surface area contributed by atoms with E-state index in [-0.39, 0.29) is 10.8 Å². The molecule has 0 radical (unpaired) electrons. The van der Waals surface area contributed by atoms with Crippen molar-refractivity contribution in [2.45, 2.75) is 55.8 Å². The SMILES string of the molecule is COc1ccc2c3c1O[C@]1(C)[C@]34CCN(C)[C@H](C2)[C@]42C=C[C@@]1(OC)[C@@H](C)C2. The Kier molecular flexibility index (Phi) is 2.77. The summed E-state index contributed by atoms with van der Waals surface area (Å²) in [7, 11) is 5.92. The Morgan fingerprint density at radius 3 is 2.74 bits per heavy atom. The van der Waals surface area contributed by atoms with Crippen molar-refractivity contribution in [1.82, 2.24) is 4.90 Å². The van der Waals surface area contributed by atoms with E-state index >= 15 is 0 Å². The van der Waals surface area contributed by atoms with Gasteiger partial charge in [-0.2, -0.15) is 0 Å². The molecular weight excluding hydrogens is 338 g/mol. The molecule has 1 aromatic rings. The van der Waals surface area contributed by atoms with Gasteiger partial charge in [-0.1, -0.05) is 25.1 Å². The van der Waals surface area contributed by atoms with Crippen LogP contribution in [0.4, 0.5) is 0 Å². The molecule has 0 N–H and O–H groups in total. The van der Waals surface area contributed by atoms with E-state index in [9.17, 15) is 0 Å². The van der Waals surface area contributed by atoms with Crippen LogP contribution in [0.3, 0.4) is 0 Å². The molecule has 6 atom stereocenters. The second-order valence-electron chi connectivity index (χ2n) is 9.60. The monoisotopic (exact) mass is 367 g/mol. The van der Waals surface area contributed by atoms with Gasteiger partial charge in [0.25, 0.3) is 0 Å². The number of nitrogens with zero attached hydrogens (tertiary/aromatic N) is 1. The predicted molar refractivity (Wildman–Crippen MR) is 104 cm³/mol. The molecule has 144 valence electrons. The van der Waals surface area contributed by atoms with E-state index in [4.69, 9.17) is 14.2 Å². The minimum Gasteiger partial charge on any atom is -0.493 e. The van der Waals surface area contributed by atoms with Gasteiger partial charge < -0.3 is 19.1 Å². The number of piperidine rings is 1. The fraction of sp³-hybridized carbons (Fsp3) is 0.652.